The molecule has 1 fully saturated rings. The number of halogens is 3. The predicted molar refractivity (Wildman–Crippen MR) is 93.1 cm³/mol. The number of amides is 1. The fourth-order valence-electron chi connectivity index (χ4n) is 3.31. The summed E-state index contributed by atoms with van der Waals surface area (Å²) in [6.45, 7) is 5.72. The first-order valence-electron chi connectivity index (χ1n) is 8.94. The van der Waals surface area contributed by atoms with Crippen molar-refractivity contribution in [2.75, 3.05) is 6.54 Å². The molecule has 3 rings (SSSR count). The Labute approximate surface area is 155 Å². The predicted octanol–water partition coefficient (Wildman–Crippen LogP) is 4.24. The van der Waals surface area contributed by atoms with Gasteiger partial charge in [0.05, 0.1) is 6.04 Å². The van der Waals surface area contributed by atoms with Crippen molar-refractivity contribution in [2.24, 2.45) is 0 Å². The molecule has 1 saturated heterocycles. The minimum atomic E-state index is -4.61. The molecule has 2 aromatic rings. The number of alkyl halides is 3. The molecule has 0 unspecified atom stereocenters. The third-order valence-electron chi connectivity index (χ3n) is 4.41. The van der Waals surface area contributed by atoms with Gasteiger partial charge in [-0.2, -0.15) is 13.2 Å². The van der Waals surface area contributed by atoms with E-state index in [1.807, 2.05) is 0 Å². The monoisotopic (exact) mass is 384 g/mol. The molecule has 1 aliphatic heterocycles. The Bertz CT molecular complexity index is 826. The van der Waals surface area contributed by atoms with Gasteiger partial charge in [0.2, 0.25) is 5.82 Å². The van der Waals surface area contributed by atoms with E-state index in [2.05, 4.69) is 9.97 Å². The summed E-state index contributed by atoms with van der Waals surface area (Å²) in [7, 11) is 0. The second-order valence-corrected chi connectivity index (χ2v) is 7.71. The van der Waals surface area contributed by atoms with Crippen LogP contribution in [0.4, 0.5) is 18.0 Å². The third-order valence-corrected chi connectivity index (χ3v) is 4.41. The molecule has 0 spiro atoms. The van der Waals surface area contributed by atoms with Crippen LogP contribution in [0.5, 0.6) is 0 Å². The Morgan fingerprint density at radius 3 is 2.70 bits per heavy atom. The van der Waals surface area contributed by atoms with Crippen LogP contribution in [0.25, 0.3) is 11.2 Å². The van der Waals surface area contributed by atoms with E-state index < -0.39 is 29.7 Å². The van der Waals surface area contributed by atoms with Gasteiger partial charge >= 0.3 is 12.3 Å². The van der Waals surface area contributed by atoms with Crippen molar-refractivity contribution in [1.82, 2.24) is 19.4 Å². The van der Waals surface area contributed by atoms with Crippen LogP contribution in [0.1, 0.15) is 45.9 Å². The van der Waals surface area contributed by atoms with Gasteiger partial charge in [-0.15, -0.1) is 0 Å². The smallest absolute Gasteiger partial charge is 0.444 e. The second kappa shape index (κ2) is 7.01. The van der Waals surface area contributed by atoms with Crippen LogP contribution in [-0.4, -0.2) is 43.7 Å². The van der Waals surface area contributed by atoms with Crippen molar-refractivity contribution < 1.29 is 22.7 Å². The molecule has 2 aromatic heterocycles. The Hall–Kier alpha value is -2.32. The van der Waals surface area contributed by atoms with Crippen LogP contribution in [-0.2, 0) is 17.5 Å². The van der Waals surface area contributed by atoms with Gasteiger partial charge in [0.15, 0.2) is 5.65 Å². The van der Waals surface area contributed by atoms with Crippen LogP contribution in [0.2, 0.25) is 0 Å². The molecule has 148 valence electrons. The van der Waals surface area contributed by atoms with Crippen molar-refractivity contribution in [3.63, 3.8) is 0 Å². The zero-order chi connectivity index (χ0) is 19.8. The van der Waals surface area contributed by atoms with Gasteiger partial charge < -0.3 is 14.2 Å². The quantitative estimate of drug-likeness (QED) is 0.777. The highest BCUT2D eigenvalue weighted by Crippen LogP contribution is 2.32. The van der Waals surface area contributed by atoms with E-state index in [-0.39, 0.29) is 17.7 Å². The standard InChI is InChI=1S/C18H23F3N4O2/c1-17(2,3)27-16(26)24-10-5-4-7-12(24)11-25-14-13(8-6-9-22-14)23-15(25)18(19,20)21/h6,8-9,12H,4-5,7,10-11H2,1-3H3/t12-/m0/s1. The highest BCUT2D eigenvalue weighted by molar-refractivity contribution is 5.71. The molecular formula is C18H23F3N4O2. The number of imidazole rings is 1. The second-order valence-electron chi connectivity index (χ2n) is 7.71. The van der Waals surface area contributed by atoms with E-state index in [0.29, 0.717) is 13.0 Å². The first-order chi connectivity index (χ1) is 12.6. The summed E-state index contributed by atoms with van der Waals surface area (Å²) >= 11 is 0. The van der Waals surface area contributed by atoms with E-state index in [0.717, 1.165) is 17.4 Å². The normalized spacial score (nSPS) is 18.7. The van der Waals surface area contributed by atoms with E-state index in [9.17, 15) is 18.0 Å². The van der Waals surface area contributed by atoms with Gasteiger partial charge in [0, 0.05) is 19.3 Å². The number of hydrogen-bond acceptors (Lipinski definition) is 4. The fraction of sp³-hybridized carbons (Fsp3) is 0.611. The maximum absolute atomic E-state index is 13.5. The number of aromatic nitrogens is 3. The first kappa shape index (κ1) is 19.4. The van der Waals surface area contributed by atoms with Crippen LogP contribution in [0.15, 0.2) is 18.3 Å². The number of pyridine rings is 1. The molecule has 27 heavy (non-hydrogen) atoms. The van der Waals surface area contributed by atoms with Gasteiger partial charge in [0.1, 0.15) is 11.1 Å². The summed E-state index contributed by atoms with van der Waals surface area (Å²) < 4.78 is 47.0. The SMILES string of the molecule is CC(C)(C)OC(=O)N1CCCC[C@H]1Cn1c(C(F)(F)F)nc2cccnc21. The minimum Gasteiger partial charge on any atom is -0.444 e. The molecule has 1 aliphatic rings. The molecule has 1 atom stereocenters. The lowest BCUT2D eigenvalue weighted by Gasteiger charge is -2.37. The summed E-state index contributed by atoms with van der Waals surface area (Å²) in [6.07, 6.45) is -1.43. The molecule has 3 heterocycles. The van der Waals surface area contributed by atoms with E-state index >= 15 is 0 Å². The van der Waals surface area contributed by atoms with Crippen LogP contribution >= 0.6 is 0 Å². The molecule has 0 bridgehead atoms. The summed E-state index contributed by atoms with van der Waals surface area (Å²) in [4.78, 5) is 21.9. The molecule has 6 nitrogen and oxygen atoms in total. The van der Waals surface area contributed by atoms with Crippen molar-refractivity contribution in [3.05, 3.63) is 24.2 Å². The zero-order valence-corrected chi connectivity index (χ0v) is 15.6. The average molecular weight is 384 g/mol. The average Bonchev–Trinajstić information content (AvgIpc) is 2.93. The summed E-state index contributed by atoms with van der Waals surface area (Å²) in [6, 6.07) is 2.64. The van der Waals surface area contributed by atoms with Crippen LogP contribution < -0.4 is 0 Å². The molecule has 0 N–H and O–H groups in total. The summed E-state index contributed by atoms with van der Waals surface area (Å²) in [5.74, 6) is -0.995. The molecule has 0 aromatic carbocycles. The third kappa shape index (κ3) is 4.33. The van der Waals surface area contributed by atoms with Crippen LogP contribution in [0.3, 0.4) is 0 Å². The number of rotatable bonds is 2. The van der Waals surface area contributed by atoms with Crippen molar-refractivity contribution in [2.45, 2.75) is 64.4 Å². The Morgan fingerprint density at radius 2 is 2.04 bits per heavy atom. The number of piperidine rings is 1. The first-order valence-corrected chi connectivity index (χ1v) is 8.94. The number of fused-ring (bicyclic) bond motifs is 1. The Balaban J connectivity index is 1.94. The van der Waals surface area contributed by atoms with E-state index in [1.54, 1.807) is 26.8 Å². The number of hydrogen-bond donors (Lipinski definition) is 0. The molecule has 1 amide bonds. The number of carbonyl (C=O) groups excluding carboxylic acids is 1. The van der Waals surface area contributed by atoms with Crippen molar-refractivity contribution in [3.8, 4) is 0 Å². The molecule has 0 aliphatic carbocycles. The lowest BCUT2D eigenvalue weighted by Crippen LogP contribution is -2.48. The fourth-order valence-corrected chi connectivity index (χ4v) is 3.31. The Morgan fingerprint density at radius 1 is 1.30 bits per heavy atom. The van der Waals surface area contributed by atoms with Crippen molar-refractivity contribution >= 4 is 17.3 Å². The zero-order valence-electron chi connectivity index (χ0n) is 15.6. The topological polar surface area (TPSA) is 60.2 Å². The number of ether oxygens (including phenoxy) is 1. The van der Waals surface area contributed by atoms with Crippen molar-refractivity contribution in [1.29, 1.82) is 0 Å². The van der Waals surface area contributed by atoms with Crippen LogP contribution in [0, 0.1) is 0 Å². The highest BCUT2D eigenvalue weighted by atomic mass is 19.4. The van der Waals surface area contributed by atoms with Gasteiger partial charge in [0.25, 0.3) is 0 Å². The lowest BCUT2D eigenvalue weighted by molar-refractivity contribution is -0.147. The number of likely N-dealkylation sites (tertiary alicyclic amines) is 1. The minimum absolute atomic E-state index is 0.0262. The van der Waals surface area contributed by atoms with E-state index in [1.165, 1.54) is 17.2 Å². The lowest BCUT2D eigenvalue weighted by atomic mass is 10.0. The van der Waals surface area contributed by atoms with Gasteiger partial charge in [-0.05, 0) is 52.2 Å². The van der Waals surface area contributed by atoms with Gasteiger partial charge in [-0.25, -0.2) is 14.8 Å². The molecule has 0 radical (unpaired) electrons. The summed E-state index contributed by atoms with van der Waals surface area (Å²) in [5.41, 5.74) is -0.316. The number of carbonyl (C=O) groups is 1. The maximum Gasteiger partial charge on any atom is 0.449 e. The molecular weight excluding hydrogens is 361 g/mol. The van der Waals surface area contributed by atoms with Gasteiger partial charge in [-0.1, -0.05) is 0 Å². The molecule has 0 saturated carbocycles. The molecule has 9 heteroatoms. The van der Waals surface area contributed by atoms with Gasteiger partial charge in [-0.3, -0.25) is 0 Å². The number of nitrogens with zero attached hydrogens (tertiary/aromatic N) is 4. The maximum atomic E-state index is 13.5. The Kier molecular flexibility index (Phi) is 5.05. The van der Waals surface area contributed by atoms with E-state index in [4.69, 9.17) is 4.74 Å². The highest BCUT2D eigenvalue weighted by Gasteiger charge is 2.39. The summed E-state index contributed by atoms with van der Waals surface area (Å²) in [5, 5.41) is 0. The largest absolute Gasteiger partial charge is 0.449 e.